The summed E-state index contributed by atoms with van der Waals surface area (Å²) in [5.74, 6) is 0. The minimum absolute atomic E-state index is 0.694. The van der Waals surface area contributed by atoms with Crippen molar-refractivity contribution in [2.45, 2.75) is 0 Å². The Morgan fingerprint density at radius 3 is 2.64 bits per heavy atom. The quantitative estimate of drug-likeness (QED) is 0.776. The average molecular weight is 249 g/mol. The van der Waals surface area contributed by atoms with Crippen LogP contribution in [0, 0.1) is 11.5 Å². The molecule has 2 rings (SSSR count). The number of hydrogen-bond acceptors (Lipinski definition) is 3. The van der Waals surface area contributed by atoms with Crippen molar-refractivity contribution in [3.05, 3.63) is 34.9 Å². The zero-order valence-corrected chi connectivity index (χ0v) is 8.64. The van der Waals surface area contributed by atoms with Gasteiger partial charge in [-0.25, -0.2) is 0 Å². The molecule has 0 bridgehead atoms. The monoisotopic (exact) mass is 248 g/mol. The van der Waals surface area contributed by atoms with Crippen molar-refractivity contribution < 1.29 is 0 Å². The summed E-state index contributed by atoms with van der Waals surface area (Å²) in [6.07, 6.45) is 3.48. The van der Waals surface area contributed by atoms with Crippen LogP contribution in [0.2, 0.25) is 0 Å². The van der Waals surface area contributed by atoms with Crippen LogP contribution in [0.4, 0.5) is 0 Å². The molecule has 0 amide bonds. The van der Waals surface area contributed by atoms with Crippen LogP contribution in [0.5, 0.6) is 0 Å². The first-order valence-corrected chi connectivity index (χ1v) is 4.67. The SMILES string of the molecule is N#Cn1nncc1-c1ccc(Br)cc1. The molecule has 0 N–H and O–H groups in total. The van der Waals surface area contributed by atoms with E-state index in [9.17, 15) is 0 Å². The predicted octanol–water partition coefficient (Wildman–Crippen LogP) is 2.04. The number of nitrogens with zero attached hydrogens (tertiary/aromatic N) is 4. The van der Waals surface area contributed by atoms with Crippen LogP contribution < -0.4 is 0 Å². The number of rotatable bonds is 1. The van der Waals surface area contributed by atoms with Gasteiger partial charge in [-0.05, 0) is 12.1 Å². The maximum atomic E-state index is 8.72. The molecule has 14 heavy (non-hydrogen) atoms. The van der Waals surface area contributed by atoms with Gasteiger partial charge >= 0.3 is 0 Å². The lowest BCUT2D eigenvalue weighted by atomic mass is 10.2. The van der Waals surface area contributed by atoms with Gasteiger partial charge < -0.3 is 0 Å². The van der Waals surface area contributed by atoms with Crippen LogP contribution in [0.25, 0.3) is 11.3 Å². The molecule has 2 aromatic rings. The number of nitriles is 1. The third-order valence-corrected chi connectivity index (χ3v) is 2.31. The Morgan fingerprint density at radius 2 is 2.00 bits per heavy atom. The number of halogens is 1. The largest absolute Gasteiger partial charge is 0.208 e. The summed E-state index contributed by atoms with van der Waals surface area (Å²) in [4.78, 5) is 0. The Balaban J connectivity index is 2.50. The molecule has 4 nitrogen and oxygen atoms in total. The van der Waals surface area contributed by atoms with E-state index in [4.69, 9.17) is 5.26 Å². The summed E-state index contributed by atoms with van der Waals surface area (Å²) in [6.45, 7) is 0. The molecular weight excluding hydrogens is 244 g/mol. The van der Waals surface area contributed by atoms with Crippen molar-refractivity contribution in [1.82, 2.24) is 15.0 Å². The van der Waals surface area contributed by atoms with Gasteiger partial charge in [0.25, 0.3) is 0 Å². The van der Waals surface area contributed by atoms with E-state index in [1.54, 1.807) is 6.20 Å². The molecule has 1 aromatic carbocycles. The van der Waals surface area contributed by atoms with Crippen molar-refractivity contribution in [2.75, 3.05) is 0 Å². The third-order valence-electron chi connectivity index (χ3n) is 1.78. The fraction of sp³-hybridized carbons (Fsp3) is 0. The van der Waals surface area contributed by atoms with Gasteiger partial charge in [-0.3, -0.25) is 0 Å². The summed E-state index contributed by atoms with van der Waals surface area (Å²) in [5, 5.41) is 16.0. The van der Waals surface area contributed by atoms with Crippen LogP contribution >= 0.6 is 15.9 Å². The summed E-state index contributed by atoms with van der Waals surface area (Å²) >= 11 is 3.34. The molecular formula is C9H5BrN4. The lowest BCUT2D eigenvalue weighted by Gasteiger charge is -1.97. The van der Waals surface area contributed by atoms with Crippen LogP contribution in [-0.4, -0.2) is 15.0 Å². The molecule has 0 unspecified atom stereocenters. The Labute approximate surface area is 88.9 Å². The second-order valence-electron chi connectivity index (χ2n) is 2.64. The van der Waals surface area contributed by atoms with Crippen molar-refractivity contribution >= 4 is 15.9 Å². The molecule has 0 aliphatic carbocycles. The topological polar surface area (TPSA) is 54.5 Å². The highest BCUT2D eigenvalue weighted by molar-refractivity contribution is 9.10. The maximum Gasteiger partial charge on any atom is 0.208 e. The summed E-state index contributed by atoms with van der Waals surface area (Å²) in [7, 11) is 0. The smallest absolute Gasteiger partial charge is 0.170 e. The number of hydrogen-bond donors (Lipinski definition) is 0. The Kier molecular flexibility index (Phi) is 2.29. The van der Waals surface area contributed by atoms with E-state index in [0.717, 1.165) is 10.0 Å². The molecule has 0 fully saturated rings. The maximum absolute atomic E-state index is 8.72. The molecule has 0 aliphatic heterocycles. The fourth-order valence-corrected chi connectivity index (χ4v) is 1.39. The highest BCUT2D eigenvalue weighted by Gasteiger charge is 2.04. The van der Waals surface area contributed by atoms with Gasteiger partial charge in [0.1, 0.15) is 5.69 Å². The second kappa shape index (κ2) is 3.60. The van der Waals surface area contributed by atoms with Crippen LogP contribution in [-0.2, 0) is 0 Å². The Morgan fingerprint density at radius 1 is 1.29 bits per heavy atom. The van der Waals surface area contributed by atoms with Crippen molar-refractivity contribution in [2.24, 2.45) is 0 Å². The molecule has 5 heteroatoms. The zero-order chi connectivity index (χ0) is 9.97. The molecule has 0 radical (unpaired) electrons. The number of benzene rings is 1. The molecule has 0 atom stereocenters. The van der Waals surface area contributed by atoms with Gasteiger partial charge in [-0.2, -0.15) is 5.26 Å². The lowest BCUT2D eigenvalue weighted by molar-refractivity contribution is 0.820. The Bertz CT molecular complexity index is 480. The van der Waals surface area contributed by atoms with E-state index in [1.165, 1.54) is 4.68 Å². The first-order valence-electron chi connectivity index (χ1n) is 3.88. The first-order chi connectivity index (χ1) is 6.81. The normalized spacial score (nSPS) is 9.71. The molecule has 1 aromatic heterocycles. The molecule has 0 saturated heterocycles. The van der Waals surface area contributed by atoms with E-state index >= 15 is 0 Å². The number of aromatic nitrogens is 3. The summed E-state index contributed by atoms with van der Waals surface area (Å²) < 4.78 is 2.18. The van der Waals surface area contributed by atoms with Crippen LogP contribution in [0.15, 0.2) is 34.9 Å². The summed E-state index contributed by atoms with van der Waals surface area (Å²) in [5.41, 5.74) is 1.61. The van der Waals surface area contributed by atoms with Crippen molar-refractivity contribution in [3.8, 4) is 17.5 Å². The van der Waals surface area contributed by atoms with Crippen LogP contribution in [0.3, 0.4) is 0 Å². The second-order valence-corrected chi connectivity index (χ2v) is 3.55. The van der Waals surface area contributed by atoms with E-state index in [-0.39, 0.29) is 0 Å². The van der Waals surface area contributed by atoms with Gasteiger partial charge in [0.15, 0.2) is 0 Å². The highest BCUT2D eigenvalue weighted by atomic mass is 79.9. The van der Waals surface area contributed by atoms with Gasteiger partial charge in [-0.15, -0.1) is 9.78 Å². The van der Waals surface area contributed by atoms with Gasteiger partial charge in [0, 0.05) is 10.0 Å². The van der Waals surface area contributed by atoms with Crippen LogP contribution in [0.1, 0.15) is 0 Å². The molecule has 1 heterocycles. The lowest BCUT2D eigenvalue weighted by Crippen LogP contribution is -1.93. The molecule has 0 spiro atoms. The van der Waals surface area contributed by atoms with E-state index in [0.29, 0.717) is 5.69 Å². The van der Waals surface area contributed by atoms with Gasteiger partial charge in [0.05, 0.1) is 6.20 Å². The summed E-state index contributed by atoms with van der Waals surface area (Å²) in [6, 6.07) is 7.61. The zero-order valence-electron chi connectivity index (χ0n) is 7.05. The fourth-order valence-electron chi connectivity index (χ4n) is 1.13. The van der Waals surface area contributed by atoms with Gasteiger partial charge in [-0.1, -0.05) is 33.3 Å². The predicted molar refractivity (Wildman–Crippen MR) is 54.2 cm³/mol. The first kappa shape index (κ1) is 8.91. The van der Waals surface area contributed by atoms with Crippen molar-refractivity contribution in [3.63, 3.8) is 0 Å². The molecule has 0 saturated carbocycles. The molecule has 68 valence electrons. The molecule has 0 aliphatic rings. The highest BCUT2D eigenvalue weighted by Crippen LogP contribution is 2.19. The third kappa shape index (κ3) is 1.52. The van der Waals surface area contributed by atoms with E-state index in [2.05, 4.69) is 26.2 Å². The van der Waals surface area contributed by atoms with Crippen molar-refractivity contribution in [1.29, 1.82) is 5.26 Å². The van der Waals surface area contributed by atoms with E-state index in [1.807, 2.05) is 30.5 Å². The Hall–Kier alpha value is -1.67. The van der Waals surface area contributed by atoms with Gasteiger partial charge in [0.2, 0.25) is 6.19 Å². The standard InChI is InChI=1S/C9H5BrN4/c10-8-3-1-7(2-4-8)9-5-12-13-14(9)6-11/h1-5H. The van der Waals surface area contributed by atoms with E-state index < -0.39 is 0 Å². The minimum atomic E-state index is 0.694. The average Bonchev–Trinajstić information content (AvgIpc) is 2.67. The minimum Gasteiger partial charge on any atom is -0.170 e.